The van der Waals surface area contributed by atoms with Crippen LogP contribution in [0.3, 0.4) is 0 Å². The van der Waals surface area contributed by atoms with Crippen LogP contribution in [0.4, 0.5) is 0 Å². The summed E-state index contributed by atoms with van der Waals surface area (Å²) in [6.45, 7) is 4.96. The van der Waals surface area contributed by atoms with E-state index < -0.39 is 0 Å². The number of allylic oxidation sites excluding steroid dienone is 1. The number of nitrogens with zero attached hydrogens (tertiary/aromatic N) is 2. The van der Waals surface area contributed by atoms with Gasteiger partial charge in [0, 0.05) is 17.0 Å². The third-order valence-corrected chi connectivity index (χ3v) is 6.04. The molecular formula is C19H16N2O3S. The van der Waals surface area contributed by atoms with Crippen molar-refractivity contribution in [1.82, 2.24) is 9.55 Å². The lowest BCUT2D eigenvalue weighted by Crippen LogP contribution is -2.20. The summed E-state index contributed by atoms with van der Waals surface area (Å²) in [4.78, 5) is 19.7. The van der Waals surface area contributed by atoms with E-state index in [9.17, 15) is 4.79 Å². The monoisotopic (exact) mass is 352 g/mol. The molecule has 0 amide bonds. The summed E-state index contributed by atoms with van der Waals surface area (Å²) >= 11 is 1.59. The Morgan fingerprint density at radius 3 is 3.04 bits per heavy atom. The maximum atomic E-state index is 12.9. The molecule has 4 heterocycles. The van der Waals surface area contributed by atoms with Crippen molar-refractivity contribution in [3.8, 4) is 11.5 Å². The molecule has 0 saturated heterocycles. The predicted molar refractivity (Wildman–Crippen MR) is 98.4 cm³/mol. The third kappa shape index (κ3) is 2.07. The molecule has 2 aliphatic rings. The van der Waals surface area contributed by atoms with Crippen LogP contribution in [-0.4, -0.2) is 16.3 Å². The fraction of sp³-hybridized carbons (Fsp3) is 0.263. The van der Waals surface area contributed by atoms with Gasteiger partial charge < -0.3 is 9.47 Å². The van der Waals surface area contributed by atoms with E-state index in [4.69, 9.17) is 14.5 Å². The van der Waals surface area contributed by atoms with E-state index in [2.05, 4.69) is 6.08 Å². The zero-order chi connectivity index (χ0) is 17.1. The smallest absolute Gasteiger partial charge is 0.262 e. The highest BCUT2D eigenvalue weighted by atomic mass is 32.1. The van der Waals surface area contributed by atoms with Gasteiger partial charge >= 0.3 is 0 Å². The number of thiophene rings is 1. The summed E-state index contributed by atoms with van der Waals surface area (Å²) in [5.41, 5.74) is 3.15. The summed E-state index contributed by atoms with van der Waals surface area (Å²) in [6, 6.07) is 5.85. The lowest BCUT2D eigenvalue weighted by Gasteiger charge is -2.05. The van der Waals surface area contributed by atoms with E-state index in [0.717, 1.165) is 55.5 Å². The van der Waals surface area contributed by atoms with Crippen LogP contribution in [0.25, 0.3) is 21.9 Å². The Balaban J connectivity index is 1.70. The van der Waals surface area contributed by atoms with Gasteiger partial charge in [-0.1, -0.05) is 12.1 Å². The van der Waals surface area contributed by atoms with E-state index in [1.165, 1.54) is 0 Å². The van der Waals surface area contributed by atoms with Crippen molar-refractivity contribution in [3.63, 3.8) is 0 Å². The minimum absolute atomic E-state index is 0.0723. The molecule has 0 spiro atoms. The molecule has 0 aliphatic carbocycles. The fourth-order valence-corrected chi connectivity index (χ4v) is 4.53. The van der Waals surface area contributed by atoms with Crippen LogP contribution < -0.4 is 15.0 Å². The third-order valence-electron chi connectivity index (χ3n) is 4.94. The molecule has 1 aromatic carbocycles. The number of aromatic nitrogens is 2. The van der Waals surface area contributed by atoms with Gasteiger partial charge in [-0.25, -0.2) is 4.98 Å². The minimum atomic E-state index is 0.0723. The molecular weight excluding hydrogens is 336 g/mol. The van der Waals surface area contributed by atoms with Gasteiger partial charge in [-0.2, -0.15) is 0 Å². The SMILES string of the molecule is Cc1sc2nc3n(c(=O)c2c1C)CC/C3=C/c1cccc2c1OCO2. The quantitative estimate of drug-likeness (QED) is 0.669. The molecule has 5 rings (SSSR count). The summed E-state index contributed by atoms with van der Waals surface area (Å²) in [7, 11) is 0. The van der Waals surface area contributed by atoms with E-state index in [1.807, 2.05) is 32.0 Å². The van der Waals surface area contributed by atoms with Gasteiger partial charge in [0.2, 0.25) is 6.79 Å². The Bertz CT molecular complexity index is 1120. The van der Waals surface area contributed by atoms with Crippen LogP contribution in [0.15, 0.2) is 23.0 Å². The molecule has 0 atom stereocenters. The van der Waals surface area contributed by atoms with Crippen LogP contribution in [0.1, 0.15) is 28.2 Å². The van der Waals surface area contributed by atoms with Gasteiger partial charge in [0.1, 0.15) is 10.7 Å². The molecule has 0 bridgehead atoms. The maximum Gasteiger partial charge on any atom is 0.262 e. The van der Waals surface area contributed by atoms with E-state index in [1.54, 1.807) is 15.9 Å². The number of hydrogen-bond acceptors (Lipinski definition) is 5. The number of para-hydroxylation sites is 1. The molecule has 5 nitrogen and oxygen atoms in total. The first kappa shape index (κ1) is 14.7. The number of ether oxygens (including phenoxy) is 2. The lowest BCUT2D eigenvalue weighted by atomic mass is 10.1. The Morgan fingerprint density at radius 1 is 1.28 bits per heavy atom. The van der Waals surface area contributed by atoms with Crippen molar-refractivity contribution in [2.45, 2.75) is 26.8 Å². The lowest BCUT2D eigenvalue weighted by molar-refractivity contribution is 0.174. The second kappa shape index (κ2) is 5.20. The molecule has 0 N–H and O–H groups in total. The first-order chi connectivity index (χ1) is 12.1. The Kier molecular flexibility index (Phi) is 3.06. The molecule has 0 fully saturated rings. The normalized spacial score (nSPS) is 16.8. The topological polar surface area (TPSA) is 53.4 Å². The summed E-state index contributed by atoms with van der Waals surface area (Å²) in [5.74, 6) is 2.30. The molecule has 0 unspecified atom stereocenters. The largest absolute Gasteiger partial charge is 0.454 e. The molecule has 0 saturated carbocycles. The predicted octanol–water partition coefficient (Wildman–Crippen LogP) is 3.75. The number of benzene rings is 1. The zero-order valence-electron chi connectivity index (χ0n) is 14.0. The first-order valence-electron chi connectivity index (χ1n) is 8.23. The van der Waals surface area contributed by atoms with Crippen LogP contribution in [0.2, 0.25) is 0 Å². The second-order valence-corrected chi connectivity index (χ2v) is 7.56. The van der Waals surface area contributed by atoms with Gasteiger partial charge in [-0.15, -0.1) is 11.3 Å². The van der Waals surface area contributed by atoms with Gasteiger partial charge in [0.15, 0.2) is 11.5 Å². The highest BCUT2D eigenvalue weighted by Crippen LogP contribution is 2.38. The van der Waals surface area contributed by atoms with Crippen molar-refractivity contribution >= 4 is 33.2 Å². The summed E-state index contributed by atoms with van der Waals surface area (Å²) < 4.78 is 12.8. The van der Waals surface area contributed by atoms with Crippen molar-refractivity contribution in [1.29, 1.82) is 0 Å². The number of fused-ring (bicyclic) bond motifs is 3. The summed E-state index contributed by atoms with van der Waals surface area (Å²) in [6.07, 6.45) is 2.86. The molecule has 126 valence electrons. The van der Waals surface area contributed by atoms with Gasteiger partial charge in [0.05, 0.1) is 5.39 Å². The maximum absolute atomic E-state index is 12.9. The Morgan fingerprint density at radius 2 is 2.16 bits per heavy atom. The van der Waals surface area contributed by atoms with Gasteiger partial charge in [-0.3, -0.25) is 9.36 Å². The molecule has 2 aromatic heterocycles. The molecule has 3 aromatic rings. The van der Waals surface area contributed by atoms with E-state index in [-0.39, 0.29) is 12.4 Å². The minimum Gasteiger partial charge on any atom is -0.454 e. The van der Waals surface area contributed by atoms with E-state index >= 15 is 0 Å². The second-order valence-electron chi connectivity index (χ2n) is 6.36. The Labute approximate surface area is 148 Å². The molecule has 0 radical (unpaired) electrons. The van der Waals surface area contributed by atoms with Crippen LogP contribution >= 0.6 is 11.3 Å². The highest BCUT2D eigenvalue weighted by molar-refractivity contribution is 7.18. The molecule has 6 heteroatoms. The zero-order valence-corrected chi connectivity index (χ0v) is 14.8. The average molecular weight is 352 g/mol. The van der Waals surface area contributed by atoms with Crippen molar-refractivity contribution in [2.75, 3.05) is 6.79 Å². The first-order valence-corrected chi connectivity index (χ1v) is 9.05. The van der Waals surface area contributed by atoms with Crippen LogP contribution in [0.5, 0.6) is 11.5 Å². The van der Waals surface area contributed by atoms with Crippen molar-refractivity contribution in [2.24, 2.45) is 0 Å². The van der Waals surface area contributed by atoms with Gasteiger partial charge in [-0.05, 0) is 43.5 Å². The number of aryl methyl sites for hydroxylation is 2. The fourth-order valence-electron chi connectivity index (χ4n) is 3.51. The number of hydrogen-bond donors (Lipinski definition) is 0. The molecule has 25 heavy (non-hydrogen) atoms. The highest BCUT2D eigenvalue weighted by Gasteiger charge is 2.24. The van der Waals surface area contributed by atoms with Crippen molar-refractivity contribution in [3.05, 3.63) is 50.4 Å². The Hall–Kier alpha value is -2.60. The summed E-state index contributed by atoms with van der Waals surface area (Å²) in [5, 5.41) is 0.768. The standard InChI is InChI=1S/C19H16N2O3S/c1-10-11(2)25-18-15(10)19(22)21-7-6-13(17(21)20-18)8-12-4-3-5-14-16(12)24-9-23-14/h3-5,8H,6-7,9H2,1-2H3/b13-8-. The van der Waals surface area contributed by atoms with Crippen molar-refractivity contribution < 1.29 is 9.47 Å². The van der Waals surface area contributed by atoms with E-state index in [0.29, 0.717) is 6.54 Å². The number of rotatable bonds is 1. The average Bonchev–Trinajstić information content (AvgIpc) is 3.28. The van der Waals surface area contributed by atoms with Gasteiger partial charge in [0.25, 0.3) is 5.56 Å². The van der Waals surface area contributed by atoms with Crippen LogP contribution in [-0.2, 0) is 6.54 Å². The van der Waals surface area contributed by atoms with Crippen LogP contribution in [0, 0.1) is 13.8 Å². The molecule has 2 aliphatic heterocycles.